The zero-order valence-corrected chi connectivity index (χ0v) is 70.5. The highest BCUT2D eigenvalue weighted by atomic mass is 31.2. The van der Waals surface area contributed by atoms with E-state index in [1.807, 2.05) is 0 Å². The number of ether oxygens (including phenoxy) is 4. The zero-order chi connectivity index (χ0) is 76.7. The quantitative estimate of drug-likeness (QED) is 0.0222. The van der Waals surface area contributed by atoms with Crippen LogP contribution in [-0.4, -0.2) is 96.7 Å². The van der Waals surface area contributed by atoms with Gasteiger partial charge in [-0.3, -0.25) is 37.3 Å². The summed E-state index contributed by atoms with van der Waals surface area (Å²) in [6, 6.07) is 0. The molecule has 624 valence electrons. The van der Waals surface area contributed by atoms with Gasteiger partial charge in [0.25, 0.3) is 0 Å². The molecule has 3 N–H and O–H groups in total. The third-order valence-electron chi connectivity index (χ3n) is 20.4. The van der Waals surface area contributed by atoms with Crippen LogP contribution < -0.4 is 0 Å². The van der Waals surface area contributed by atoms with E-state index in [1.165, 1.54) is 302 Å². The van der Waals surface area contributed by atoms with Gasteiger partial charge in [0.05, 0.1) is 26.4 Å². The lowest BCUT2D eigenvalue weighted by Crippen LogP contribution is -2.30. The number of phosphoric ester groups is 2. The monoisotopic (exact) mass is 1540 g/mol. The van der Waals surface area contributed by atoms with Crippen LogP contribution in [-0.2, 0) is 65.4 Å². The highest BCUT2D eigenvalue weighted by molar-refractivity contribution is 7.47. The van der Waals surface area contributed by atoms with Gasteiger partial charge in [0.1, 0.15) is 19.3 Å². The summed E-state index contributed by atoms with van der Waals surface area (Å²) in [6.07, 6.45) is 74.9. The van der Waals surface area contributed by atoms with Gasteiger partial charge in [-0.25, -0.2) is 9.13 Å². The van der Waals surface area contributed by atoms with Gasteiger partial charge in [-0.15, -0.1) is 0 Å². The van der Waals surface area contributed by atoms with Crippen LogP contribution in [0.15, 0.2) is 0 Å². The molecule has 105 heavy (non-hydrogen) atoms. The molecule has 0 bridgehead atoms. The Bertz CT molecular complexity index is 1980. The smallest absolute Gasteiger partial charge is 0.462 e. The number of phosphoric acid groups is 2. The molecule has 0 heterocycles. The molecular weight excluding hydrogens is 1370 g/mol. The van der Waals surface area contributed by atoms with Crippen LogP contribution in [0.3, 0.4) is 0 Å². The van der Waals surface area contributed by atoms with Crippen molar-refractivity contribution in [3.05, 3.63) is 0 Å². The average molecular weight is 1540 g/mol. The van der Waals surface area contributed by atoms with Gasteiger partial charge in [-0.1, -0.05) is 419 Å². The van der Waals surface area contributed by atoms with Gasteiger partial charge >= 0.3 is 39.5 Å². The molecule has 0 saturated carbocycles. The maximum atomic E-state index is 13.1. The fourth-order valence-corrected chi connectivity index (χ4v) is 15.1. The number of carbonyl (C=O) groups excluding carboxylic acids is 4. The van der Waals surface area contributed by atoms with Crippen LogP contribution in [0.2, 0.25) is 0 Å². The van der Waals surface area contributed by atoms with Crippen molar-refractivity contribution in [3.63, 3.8) is 0 Å². The minimum absolute atomic E-state index is 0.109. The minimum Gasteiger partial charge on any atom is -0.462 e. The first kappa shape index (κ1) is 103. The minimum atomic E-state index is -4.96. The maximum absolute atomic E-state index is 13.1. The first-order valence-corrected chi connectivity index (χ1v) is 47.8. The third kappa shape index (κ3) is 79.9. The predicted molar refractivity (Wildman–Crippen MR) is 432 cm³/mol. The molecule has 5 atom stereocenters. The molecule has 0 aromatic rings. The summed E-state index contributed by atoms with van der Waals surface area (Å²) in [5, 5.41) is 10.7. The van der Waals surface area contributed by atoms with Crippen molar-refractivity contribution < 1.29 is 80.2 Å². The molecule has 0 aromatic heterocycles. The van der Waals surface area contributed by atoms with E-state index >= 15 is 0 Å². The second-order valence-electron chi connectivity index (χ2n) is 30.9. The lowest BCUT2D eigenvalue weighted by molar-refractivity contribution is -0.161. The average Bonchev–Trinajstić information content (AvgIpc) is 0.913. The third-order valence-corrected chi connectivity index (χ3v) is 22.3. The summed E-state index contributed by atoms with van der Waals surface area (Å²) >= 11 is 0. The van der Waals surface area contributed by atoms with E-state index in [0.29, 0.717) is 25.7 Å². The van der Waals surface area contributed by atoms with Crippen LogP contribution in [0.1, 0.15) is 471 Å². The van der Waals surface area contributed by atoms with Gasteiger partial charge in [0.15, 0.2) is 12.2 Å². The number of aliphatic hydroxyl groups is 1. The SMILES string of the molecule is CCCCCCCCCCCCCCCCCCCCCC(=O)OC[C@H](COP(=O)(O)OC[C@@H](O)COP(=O)(O)OC[C@@H](COC(=O)CCCCCCCCCCCCC)OC(=O)CCCCCCCCCCCCCCCCCC)OC(=O)CCCCCCCCCCCCCCCCCCCCC. The number of unbranched alkanes of at least 4 members (excludes halogenated alkanes) is 61. The number of rotatable bonds is 87. The lowest BCUT2D eigenvalue weighted by Gasteiger charge is -2.21. The Balaban J connectivity index is 5.24. The number of carbonyl (C=O) groups is 4. The molecule has 0 rings (SSSR count). The van der Waals surface area contributed by atoms with Crippen molar-refractivity contribution in [2.24, 2.45) is 0 Å². The van der Waals surface area contributed by atoms with Crippen molar-refractivity contribution in [3.8, 4) is 0 Å². The van der Waals surface area contributed by atoms with Crippen LogP contribution >= 0.6 is 15.6 Å². The highest BCUT2D eigenvalue weighted by Crippen LogP contribution is 2.45. The standard InChI is InChI=1S/C86H168O17P2/c1-5-9-13-17-21-25-29-32-35-38-40-42-45-47-51-55-59-63-67-71-84(89)97-77-82(103-86(91)73-69-65-61-57-53-49-46-43-41-39-36-33-30-26-22-18-14-10-6-2)79-101-105(94,95)99-75-80(87)74-98-104(92,93)100-78-81(76-96-83(88)70-66-62-58-54-50-28-24-20-16-12-8-4)102-85(90)72-68-64-60-56-52-48-44-37-34-31-27-23-19-15-11-7-3/h80-82,87H,5-79H2,1-4H3,(H,92,93)(H,94,95)/t80-,81+,82+/m0/s1. The Morgan fingerprint density at radius 3 is 0.562 bits per heavy atom. The van der Waals surface area contributed by atoms with Gasteiger partial charge in [0.2, 0.25) is 0 Å². The van der Waals surface area contributed by atoms with E-state index in [-0.39, 0.29) is 25.7 Å². The molecule has 0 spiro atoms. The van der Waals surface area contributed by atoms with Gasteiger partial charge < -0.3 is 33.8 Å². The van der Waals surface area contributed by atoms with Crippen LogP contribution in [0, 0.1) is 0 Å². The number of hydrogen-bond acceptors (Lipinski definition) is 15. The normalized spacial score (nSPS) is 13.7. The molecule has 0 fully saturated rings. The number of esters is 4. The number of aliphatic hydroxyl groups excluding tert-OH is 1. The molecule has 19 heteroatoms. The van der Waals surface area contributed by atoms with Crippen molar-refractivity contribution in [2.45, 2.75) is 489 Å². The summed E-state index contributed by atoms with van der Waals surface area (Å²) in [6.45, 7) is 5.06. The van der Waals surface area contributed by atoms with E-state index in [2.05, 4.69) is 27.7 Å². The lowest BCUT2D eigenvalue weighted by atomic mass is 10.0. The van der Waals surface area contributed by atoms with Crippen molar-refractivity contribution >= 4 is 39.5 Å². The second-order valence-corrected chi connectivity index (χ2v) is 33.8. The van der Waals surface area contributed by atoms with E-state index < -0.39 is 97.5 Å². The molecule has 0 saturated heterocycles. The highest BCUT2D eigenvalue weighted by Gasteiger charge is 2.30. The Labute approximate surface area is 645 Å². The molecule has 2 unspecified atom stereocenters. The first-order valence-electron chi connectivity index (χ1n) is 44.8. The Hall–Kier alpha value is -1.94. The molecule has 17 nitrogen and oxygen atoms in total. The van der Waals surface area contributed by atoms with Gasteiger partial charge in [-0.2, -0.15) is 0 Å². The van der Waals surface area contributed by atoms with Crippen LogP contribution in [0.5, 0.6) is 0 Å². The summed E-state index contributed by atoms with van der Waals surface area (Å²) in [5.74, 6) is -2.10. The van der Waals surface area contributed by atoms with Crippen molar-refractivity contribution in [2.75, 3.05) is 39.6 Å². The van der Waals surface area contributed by atoms with E-state index in [0.717, 1.165) is 89.9 Å². The second kappa shape index (κ2) is 80.1. The van der Waals surface area contributed by atoms with Crippen molar-refractivity contribution in [1.82, 2.24) is 0 Å². The topological polar surface area (TPSA) is 237 Å². The summed E-state index contributed by atoms with van der Waals surface area (Å²) in [7, 11) is -9.93. The summed E-state index contributed by atoms with van der Waals surface area (Å²) in [4.78, 5) is 73.2. The fraction of sp³-hybridized carbons (Fsp3) is 0.953. The Morgan fingerprint density at radius 1 is 0.229 bits per heavy atom. The molecule has 0 amide bonds. The zero-order valence-electron chi connectivity index (χ0n) is 68.7. The Kier molecular flexibility index (Phi) is 78.6. The van der Waals surface area contributed by atoms with E-state index in [9.17, 15) is 43.2 Å². The van der Waals surface area contributed by atoms with E-state index in [1.54, 1.807) is 0 Å². The van der Waals surface area contributed by atoms with Gasteiger partial charge in [-0.05, 0) is 25.7 Å². The summed E-state index contributed by atoms with van der Waals surface area (Å²) in [5.41, 5.74) is 0. The van der Waals surface area contributed by atoms with Crippen LogP contribution in [0.4, 0.5) is 0 Å². The molecule has 0 radical (unpaired) electrons. The predicted octanol–water partition coefficient (Wildman–Crippen LogP) is 26.5. The summed E-state index contributed by atoms with van der Waals surface area (Å²) < 4.78 is 68.9. The molecule has 0 aliphatic heterocycles. The molecule has 0 aliphatic rings. The van der Waals surface area contributed by atoms with Gasteiger partial charge in [0, 0.05) is 25.7 Å². The molecule has 0 aromatic carbocycles. The first-order chi connectivity index (χ1) is 51.2. The molecular formula is C86H168O17P2. The largest absolute Gasteiger partial charge is 0.472 e. The van der Waals surface area contributed by atoms with E-state index in [4.69, 9.17) is 37.0 Å². The maximum Gasteiger partial charge on any atom is 0.472 e. The fourth-order valence-electron chi connectivity index (χ4n) is 13.5. The van der Waals surface area contributed by atoms with Crippen LogP contribution in [0.25, 0.3) is 0 Å². The molecule has 0 aliphatic carbocycles. The van der Waals surface area contributed by atoms with Crippen molar-refractivity contribution in [1.29, 1.82) is 0 Å². The Morgan fingerprint density at radius 2 is 0.381 bits per heavy atom. The number of hydrogen-bond donors (Lipinski definition) is 3.